The van der Waals surface area contributed by atoms with Gasteiger partial charge in [-0.1, -0.05) is 20.8 Å². The topological polar surface area (TPSA) is 76.2 Å². The second-order valence-electron chi connectivity index (χ2n) is 8.53. The Morgan fingerprint density at radius 1 is 1.32 bits per heavy atom. The minimum Gasteiger partial charge on any atom is -0.394 e. The van der Waals surface area contributed by atoms with Gasteiger partial charge in [-0.2, -0.15) is 18.3 Å². The van der Waals surface area contributed by atoms with Crippen molar-refractivity contribution in [2.75, 3.05) is 6.61 Å². The third-order valence-electron chi connectivity index (χ3n) is 5.48. The van der Waals surface area contributed by atoms with Crippen molar-refractivity contribution in [2.24, 2.45) is 16.3 Å². The average molecular weight is 393 g/mol. The van der Waals surface area contributed by atoms with Crippen LogP contribution in [0.5, 0.6) is 0 Å². The largest absolute Gasteiger partial charge is 0.435 e. The maximum Gasteiger partial charge on any atom is 0.435 e. The number of aliphatic hydroxyl groups is 1. The third-order valence-corrected chi connectivity index (χ3v) is 5.48. The molecule has 4 rings (SSSR count). The van der Waals surface area contributed by atoms with E-state index in [1.807, 2.05) is 0 Å². The van der Waals surface area contributed by atoms with Crippen LogP contribution in [-0.2, 0) is 6.42 Å². The van der Waals surface area contributed by atoms with Crippen LogP contribution in [-0.4, -0.2) is 49.4 Å². The lowest BCUT2D eigenvalue weighted by molar-refractivity contribution is -0.0589. The summed E-state index contributed by atoms with van der Waals surface area (Å²) >= 11 is 0. The zero-order valence-electron chi connectivity index (χ0n) is 15.9. The van der Waals surface area contributed by atoms with E-state index in [2.05, 4.69) is 20.1 Å². The van der Waals surface area contributed by atoms with E-state index in [1.165, 1.54) is 23.3 Å². The van der Waals surface area contributed by atoms with Gasteiger partial charge in [-0.15, -0.1) is 0 Å². The van der Waals surface area contributed by atoms with Crippen molar-refractivity contribution in [2.45, 2.75) is 51.7 Å². The van der Waals surface area contributed by atoms with Gasteiger partial charge in [0.15, 0.2) is 11.5 Å². The molecule has 0 bridgehead atoms. The lowest BCUT2D eigenvalue weighted by atomic mass is 9.87. The Hall–Kier alpha value is -2.29. The van der Waals surface area contributed by atoms with Gasteiger partial charge in [0.2, 0.25) is 0 Å². The number of halogens is 3. The first kappa shape index (κ1) is 19.0. The molecule has 6 nitrogen and oxygen atoms in total. The Kier molecular flexibility index (Phi) is 4.33. The molecule has 2 heterocycles. The molecule has 0 spiro atoms. The number of alkyl halides is 3. The first-order valence-corrected chi connectivity index (χ1v) is 9.25. The zero-order chi connectivity index (χ0) is 20.3. The van der Waals surface area contributed by atoms with E-state index < -0.39 is 30.0 Å². The van der Waals surface area contributed by atoms with E-state index in [1.54, 1.807) is 20.8 Å². The molecular weight excluding hydrogens is 371 g/mol. The molecule has 0 aliphatic heterocycles. The maximum absolute atomic E-state index is 14.0. The van der Waals surface area contributed by atoms with Gasteiger partial charge in [0.1, 0.15) is 5.69 Å². The van der Waals surface area contributed by atoms with E-state index in [4.69, 9.17) is 0 Å². The lowest BCUT2D eigenvalue weighted by Gasteiger charge is -2.26. The molecule has 1 saturated carbocycles. The minimum atomic E-state index is -4.68. The monoisotopic (exact) mass is 393 g/mol. The summed E-state index contributed by atoms with van der Waals surface area (Å²) < 4.78 is 43.5. The van der Waals surface area contributed by atoms with E-state index in [9.17, 15) is 18.3 Å². The fourth-order valence-corrected chi connectivity index (χ4v) is 3.81. The van der Waals surface area contributed by atoms with Gasteiger partial charge in [0.05, 0.1) is 24.5 Å². The number of hydrogen-bond donors (Lipinski definition) is 1. The lowest BCUT2D eigenvalue weighted by Crippen LogP contribution is -2.34. The Bertz CT molecular complexity index is 914. The Morgan fingerprint density at radius 3 is 2.64 bits per heavy atom. The summed E-state index contributed by atoms with van der Waals surface area (Å²) in [5.41, 5.74) is -0.420. The highest BCUT2D eigenvalue weighted by molar-refractivity contribution is 6.04. The highest BCUT2D eigenvalue weighted by atomic mass is 19.4. The summed E-state index contributed by atoms with van der Waals surface area (Å²) in [4.78, 5) is 12.2. The summed E-state index contributed by atoms with van der Waals surface area (Å²) in [5.74, 6) is 0.970. The number of fused-ring (bicyclic) bond motifs is 3. The molecule has 0 aromatic carbocycles. The SMILES string of the molecule is CC(C)(C)[C@@H](CO)/N=C(\c1nn(-c2cnccn2)c2c1C[C@@H]1C[C@H]21)C(F)(F)F. The van der Waals surface area contributed by atoms with E-state index in [-0.39, 0.29) is 11.6 Å². The third kappa shape index (κ3) is 3.21. The molecule has 2 aromatic heterocycles. The summed E-state index contributed by atoms with van der Waals surface area (Å²) in [5, 5.41) is 13.9. The first-order chi connectivity index (χ1) is 13.1. The summed E-state index contributed by atoms with van der Waals surface area (Å²) in [6.45, 7) is 4.79. The van der Waals surface area contributed by atoms with Crippen LogP contribution in [0.3, 0.4) is 0 Å². The predicted octanol–water partition coefficient (Wildman–Crippen LogP) is 3.08. The molecule has 0 unspecified atom stereocenters. The standard InChI is InChI=1S/C19H22F3N5O/c1-18(2,3)13(9-28)25-17(19(20,21)22)15-12-7-10-6-11(10)16(12)27(26-15)14-8-23-4-5-24-14/h4-5,8,10-11,13,28H,6-7,9H2,1-3H3/b25-17+/t10-,11-,13+/m0/s1. The summed E-state index contributed by atoms with van der Waals surface area (Å²) in [6, 6.07) is -0.891. The number of rotatable bonds is 4. The highest BCUT2D eigenvalue weighted by Crippen LogP contribution is 2.57. The fourth-order valence-electron chi connectivity index (χ4n) is 3.81. The van der Waals surface area contributed by atoms with Crippen molar-refractivity contribution in [1.29, 1.82) is 0 Å². The second kappa shape index (κ2) is 6.37. The number of aliphatic imine (C=N–C) groups is 1. The Balaban J connectivity index is 1.88. The van der Waals surface area contributed by atoms with Gasteiger partial charge in [-0.3, -0.25) is 9.98 Å². The molecule has 0 amide bonds. The number of hydrogen-bond acceptors (Lipinski definition) is 5. The van der Waals surface area contributed by atoms with Crippen molar-refractivity contribution in [3.05, 3.63) is 35.5 Å². The van der Waals surface area contributed by atoms with Crippen molar-refractivity contribution >= 4 is 5.71 Å². The minimum absolute atomic E-state index is 0.150. The van der Waals surface area contributed by atoms with Crippen LogP contribution >= 0.6 is 0 Å². The number of nitrogens with zero attached hydrogens (tertiary/aromatic N) is 5. The van der Waals surface area contributed by atoms with Gasteiger partial charge < -0.3 is 5.11 Å². The maximum atomic E-state index is 14.0. The molecular formula is C19H22F3N5O. The van der Waals surface area contributed by atoms with Gasteiger partial charge in [-0.25, -0.2) is 9.67 Å². The van der Waals surface area contributed by atoms with Gasteiger partial charge in [-0.05, 0) is 24.2 Å². The predicted molar refractivity (Wildman–Crippen MR) is 96.6 cm³/mol. The molecule has 28 heavy (non-hydrogen) atoms. The van der Waals surface area contributed by atoms with Crippen molar-refractivity contribution in [1.82, 2.24) is 19.7 Å². The molecule has 2 aromatic rings. The van der Waals surface area contributed by atoms with Gasteiger partial charge in [0.25, 0.3) is 0 Å². The van der Waals surface area contributed by atoms with Crippen molar-refractivity contribution in [3.63, 3.8) is 0 Å². The first-order valence-electron chi connectivity index (χ1n) is 9.25. The van der Waals surface area contributed by atoms with Crippen LogP contribution in [0.4, 0.5) is 13.2 Å². The fraction of sp³-hybridized carbons (Fsp3) is 0.579. The Labute approximate surface area is 160 Å². The smallest absolute Gasteiger partial charge is 0.394 e. The molecule has 2 aliphatic rings. The van der Waals surface area contributed by atoms with Crippen molar-refractivity contribution in [3.8, 4) is 5.82 Å². The molecule has 0 saturated heterocycles. The van der Waals surface area contributed by atoms with E-state index >= 15 is 0 Å². The van der Waals surface area contributed by atoms with Gasteiger partial charge >= 0.3 is 6.18 Å². The summed E-state index contributed by atoms with van der Waals surface area (Å²) in [6.07, 6.45) is 1.32. The van der Waals surface area contributed by atoms with Crippen LogP contribution in [0.2, 0.25) is 0 Å². The van der Waals surface area contributed by atoms with Crippen LogP contribution in [0.1, 0.15) is 50.1 Å². The molecule has 150 valence electrons. The number of aromatic nitrogens is 4. The van der Waals surface area contributed by atoms with Crippen LogP contribution < -0.4 is 0 Å². The normalized spacial score (nSPS) is 22.8. The molecule has 3 atom stereocenters. The molecule has 2 aliphatic carbocycles. The second-order valence-corrected chi connectivity index (χ2v) is 8.53. The molecule has 1 fully saturated rings. The van der Waals surface area contributed by atoms with Crippen LogP contribution in [0, 0.1) is 11.3 Å². The average Bonchev–Trinajstić information content (AvgIpc) is 3.12. The quantitative estimate of drug-likeness (QED) is 0.810. The van der Waals surface area contributed by atoms with Crippen LogP contribution in [0.15, 0.2) is 23.6 Å². The van der Waals surface area contributed by atoms with E-state index in [0.717, 1.165) is 12.1 Å². The number of aliphatic hydroxyl groups excluding tert-OH is 1. The summed E-state index contributed by atoms with van der Waals surface area (Å²) in [7, 11) is 0. The highest BCUT2D eigenvalue weighted by Gasteiger charge is 2.52. The van der Waals surface area contributed by atoms with Crippen LogP contribution in [0.25, 0.3) is 5.82 Å². The molecule has 1 N–H and O–H groups in total. The molecule has 0 radical (unpaired) electrons. The van der Waals surface area contributed by atoms with Crippen molar-refractivity contribution < 1.29 is 18.3 Å². The Morgan fingerprint density at radius 2 is 2.07 bits per heavy atom. The molecule has 9 heteroatoms. The van der Waals surface area contributed by atoms with E-state index in [0.29, 0.717) is 23.7 Å². The zero-order valence-corrected chi connectivity index (χ0v) is 15.9. The van der Waals surface area contributed by atoms with Gasteiger partial charge in [0, 0.05) is 23.9 Å².